The Hall–Kier alpha value is -0.930. The van der Waals surface area contributed by atoms with E-state index in [9.17, 15) is 4.39 Å². The first kappa shape index (κ1) is 16.1. The molecule has 1 aromatic rings. The van der Waals surface area contributed by atoms with Crippen molar-refractivity contribution < 1.29 is 9.13 Å². The fraction of sp³-hybridized carbons (Fsp3) is 0.625. The van der Waals surface area contributed by atoms with E-state index in [1.807, 2.05) is 6.07 Å². The van der Waals surface area contributed by atoms with E-state index in [0.717, 1.165) is 38.1 Å². The first-order chi connectivity index (χ1) is 9.17. The van der Waals surface area contributed by atoms with Crippen molar-refractivity contribution in [2.24, 2.45) is 11.8 Å². The van der Waals surface area contributed by atoms with Gasteiger partial charge >= 0.3 is 0 Å². The smallest absolute Gasteiger partial charge is 0.123 e. The van der Waals surface area contributed by atoms with E-state index in [4.69, 9.17) is 4.74 Å². The molecule has 0 aromatic heterocycles. The lowest BCUT2D eigenvalue weighted by molar-refractivity contribution is 0.164. The number of benzene rings is 1. The Bertz CT molecular complexity index is 356. The lowest BCUT2D eigenvalue weighted by atomic mass is 9.86. The summed E-state index contributed by atoms with van der Waals surface area (Å²) >= 11 is 0. The number of ether oxygens (including phenoxy) is 1. The van der Waals surface area contributed by atoms with Gasteiger partial charge in [0.25, 0.3) is 0 Å². The van der Waals surface area contributed by atoms with Crippen molar-refractivity contribution in [1.29, 1.82) is 0 Å². The summed E-state index contributed by atoms with van der Waals surface area (Å²) in [6.45, 7) is 7.08. The van der Waals surface area contributed by atoms with Gasteiger partial charge in [0.15, 0.2) is 0 Å². The normalized spacial score (nSPS) is 14.3. The molecule has 108 valence electrons. The highest BCUT2D eigenvalue weighted by Crippen LogP contribution is 2.20. The first-order valence-electron chi connectivity index (χ1n) is 7.11. The maximum Gasteiger partial charge on any atom is 0.123 e. The van der Waals surface area contributed by atoms with Crippen molar-refractivity contribution >= 4 is 0 Å². The molecule has 0 spiro atoms. The third-order valence-electron chi connectivity index (χ3n) is 3.63. The summed E-state index contributed by atoms with van der Waals surface area (Å²) in [7, 11) is 1.73. The molecule has 0 heterocycles. The Kier molecular flexibility index (Phi) is 7.68. The van der Waals surface area contributed by atoms with Gasteiger partial charge in [0, 0.05) is 13.7 Å². The topological polar surface area (TPSA) is 21.3 Å². The molecular weight excluding hydrogens is 241 g/mol. The zero-order chi connectivity index (χ0) is 14.1. The molecule has 2 nitrogen and oxygen atoms in total. The molecule has 0 fully saturated rings. The van der Waals surface area contributed by atoms with Gasteiger partial charge in [0.2, 0.25) is 0 Å². The number of nitrogens with one attached hydrogen (secondary N) is 1. The Balaban J connectivity index is 2.62. The molecule has 3 heteroatoms. The molecule has 0 aliphatic carbocycles. The predicted octanol–water partition coefficient (Wildman–Crippen LogP) is 3.27. The van der Waals surface area contributed by atoms with Gasteiger partial charge < -0.3 is 10.1 Å². The second kappa shape index (κ2) is 9.05. The second-order valence-electron chi connectivity index (χ2n) is 5.16. The highest BCUT2D eigenvalue weighted by Gasteiger charge is 2.17. The fourth-order valence-corrected chi connectivity index (χ4v) is 2.31. The summed E-state index contributed by atoms with van der Waals surface area (Å²) in [5, 5.41) is 3.41. The standard InChI is InChI=1S/C16H26FNO/c1-4-18-12-15(13(2)8-9-19-3)10-14-6-5-7-16(17)11-14/h5-7,11,13,15,18H,4,8-10,12H2,1-3H3. The third-order valence-corrected chi connectivity index (χ3v) is 3.63. The molecule has 0 aliphatic heterocycles. The molecule has 1 N–H and O–H groups in total. The van der Waals surface area contributed by atoms with E-state index in [1.54, 1.807) is 19.2 Å². The van der Waals surface area contributed by atoms with E-state index in [2.05, 4.69) is 19.2 Å². The molecule has 19 heavy (non-hydrogen) atoms. The number of rotatable bonds is 9. The van der Waals surface area contributed by atoms with Crippen LogP contribution in [0.25, 0.3) is 0 Å². The SMILES string of the molecule is CCNCC(Cc1cccc(F)c1)C(C)CCOC. The molecule has 0 bridgehead atoms. The van der Waals surface area contributed by atoms with Gasteiger partial charge in [-0.05, 0) is 55.5 Å². The first-order valence-corrected chi connectivity index (χ1v) is 7.11. The van der Waals surface area contributed by atoms with E-state index in [1.165, 1.54) is 6.07 Å². The summed E-state index contributed by atoms with van der Waals surface area (Å²) in [6.07, 6.45) is 1.96. The minimum absolute atomic E-state index is 0.149. The van der Waals surface area contributed by atoms with Crippen LogP contribution in [0.1, 0.15) is 25.8 Å². The van der Waals surface area contributed by atoms with Crippen LogP contribution >= 0.6 is 0 Å². The Labute approximate surface area is 116 Å². The van der Waals surface area contributed by atoms with E-state index < -0.39 is 0 Å². The molecule has 0 saturated heterocycles. The third kappa shape index (κ3) is 6.17. The van der Waals surface area contributed by atoms with Crippen LogP contribution in [-0.4, -0.2) is 26.8 Å². The van der Waals surface area contributed by atoms with Crippen LogP contribution in [-0.2, 0) is 11.2 Å². The molecule has 0 saturated carbocycles. The quantitative estimate of drug-likeness (QED) is 0.741. The monoisotopic (exact) mass is 267 g/mol. The second-order valence-corrected chi connectivity index (χ2v) is 5.16. The molecule has 0 radical (unpaired) electrons. The summed E-state index contributed by atoms with van der Waals surface area (Å²) < 4.78 is 18.4. The zero-order valence-corrected chi connectivity index (χ0v) is 12.3. The maximum absolute atomic E-state index is 13.2. The Morgan fingerprint density at radius 2 is 2.16 bits per heavy atom. The summed E-state index contributed by atoms with van der Waals surface area (Å²) in [5.41, 5.74) is 1.08. The van der Waals surface area contributed by atoms with E-state index in [-0.39, 0.29) is 5.82 Å². The van der Waals surface area contributed by atoms with Crippen LogP contribution in [0.3, 0.4) is 0 Å². The largest absolute Gasteiger partial charge is 0.385 e. The number of hydrogen-bond donors (Lipinski definition) is 1. The van der Waals surface area contributed by atoms with Gasteiger partial charge in [-0.15, -0.1) is 0 Å². The molecule has 1 rings (SSSR count). The van der Waals surface area contributed by atoms with Gasteiger partial charge in [-0.25, -0.2) is 4.39 Å². The predicted molar refractivity (Wildman–Crippen MR) is 77.8 cm³/mol. The lowest BCUT2D eigenvalue weighted by Crippen LogP contribution is -2.29. The van der Waals surface area contributed by atoms with E-state index in [0.29, 0.717) is 11.8 Å². The highest BCUT2D eigenvalue weighted by molar-refractivity contribution is 5.17. The minimum atomic E-state index is -0.149. The summed E-state index contributed by atoms with van der Waals surface area (Å²) in [6, 6.07) is 6.93. The minimum Gasteiger partial charge on any atom is -0.385 e. The molecule has 0 aliphatic rings. The average Bonchev–Trinajstić information content (AvgIpc) is 2.40. The number of methoxy groups -OCH3 is 1. The van der Waals surface area contributed by atoms with Crippen molar-refractivity contribution in [2.75, 3.05) is 26.8 Å². The Morgan fingerprint density at radius 1 is 1.37 bits per heavy atom. The van der Waals surface area contributed by atoms with Crippen LogP contribution in [0, 0.1) is 17.7 Å². The van der Waals surface area contributed by atoms with Gasteiger partial charge in [-0.3, -0.25) is 0 Å². The van der Waals surface area contributed by atoms with E-state index >= 15 is 0 Å². The van der Waals surface area contributed by atoms with Crippen molar-refractivity contribution in [1.82, 2.24) is 5.32 Å². The molecule has 1 aromatic carbocycles. The van der Waals surface area contributed by atoms with Gasteiger partial charge in [0.05, 0.1) is 0 Å². The van der Waals surface area contributed by atoms with Crippen LogP contribution in [0.4, 0.5) is 4.39 Å². The van der Waals surface area contributed by atoms with Crippen molar-refractivity contribution in [2.45, 2.75) is 26.7 Å². The number of hydrogen-bond acceptors (Lipinski definition) is 2. The van der Waals surface area contributed by atoms with Crippen molar-refractivity contribution in [3.05, 3.63) is 35.6 Å². The molecule has 2 atom stereocenters. The van der Waals surface area contributed by atoms with Crippen LogP contribution in [0.5, 0.6) is 0 Å². The maximum atomic E-state index is 13.2. The fourth-order valence-electron chi connectivity index (χ4n) is 2.31. The van der Waals surface area contributed by atoms with Crippen LogP contribution < -0.4 is 5.32 Å². The van der Waals surface area contributed by atoms with Crippen LogP contribution in [0.15, 0.2) is 24.3 Å². The molecule has 0 amide bonds. The van der Waals surface area contributed by atoms with Crippen LogP contribution in [0.2, 0.25) is 0 Å². The highest BCUT2D eigenvalue weighted by atomic mass is 19.1. The summed E-state index contributed by atoms with van der Waals surface area (Å²) in [5.74, 6) is 0.920. The Morgan fingerprint density at radius 3 is 2.79 bits per heavy atom. The molecule has 2 unspecified atom stereocenters. The molecular formula is C16H26FNO. The average molecular weight is 267 g/mol. The lowest BCUT2D eigenvalue weighted by Gasteiger charge is -2.24. The van der Waals surface area contributed by atoms with Gasteiger partial charge in [-0.1, -0.05) is 26.0 Å². The zero-order valence-electron chi connectivity index (χ0n) is 12.3. The number of halogens is 1. The van der Waals surface area contributed by atoms with Gasteiger partial charge in [-0.2, -0.15) is 0 Å². The summed E-state index contributed by atoms with van der Waals surface area (Å²) in [4.78, 5) is 0. The van der Waals surface area contributed by atoms with Crippen molar-refractivity contribution in [3.63, 3.8) is 0 Å². The van der Waals surface area contributed by atoms with Gasteiger partial charge in [0.1, 0.15) is 5.82 Å². The van der Waals surface area contributed by atoms with Crippen molar-refractivity contribution in [3.8, 4) is 0 Å².